The SMILES string of the molecule is CCCCCCCc1cccc(OC(N)=O)c1CCCN(C)C. The Hall–Kier alpha value is -1.55. The van der Waals surface area contributed by atoms with Crippen molar-refractivity contribution in [2.75, 3.05) is 20.6 Å². The highest BCUT2D eigenvalue weighted by molar-refractivity contribution is 5.68. The molecule has 1 amide bonds. The molecule has 1 aromatic carbocycles. The fraction of sp³-hybridized carbons (Fsp3) is 0.632. The summed E-state index contributed by atoms with van der Waals surface area (Å²) in [5.74, 6) is 0.627. The molecule has 0 unspecified atom stereocenters. The van der Waals surface area contributed by atoms with Crippen LogP contribution in [-0.2, 0) is 12.8 Å². The van der Waals surface area contributed by atoms with Crippen LogP contribution in [0.15, 0.2) is 18.2 Å². The number of unbranched alkanes of at least 4 members (excludes halogenated alkanes) is 4. The van der Waals surface area contributed by atoms with Gasteiger partial charge < -0.3 is 15.4 Å². The first kappa shape index (κ1) is 19.5. The van der Waals surface area contributed by atoms with E-state index < -0.39 is 6.09 Å². The summed E-state index contributed by atoms with van der Waals surface area (Å²) in [6.45, 7) is 3.24. The molecule has 0 aliphatic rings. The van der Waals surface area contributed by atoms with Crippen molar-refractivity contribution in [3.63, 3.8) is 0 Å². The molecule has 0 aliphatic heterocycles. The average molecular weight is 320 g/mol. The van der Waals surface area contributed by atoms with Crippen LogP contribution in [0.5, 0.6) is 5.75 Å². The second kappa shape index (κ2) is 11.1. The molecule has 1 aromatic rings. The van der Waals surface area contributed by atoms with Gasteiger partial charge in [0, 0.05) is 0 Å². The number of carbonyl (C=O) groups excluding carboxylic acids is 1. The van der Waals surface area contributed by atoms with E-state index in [1.165, 1.54) is 37.7 Å². The zero-order chi connectivity index (χ0) is 17.1. The normalized spacial score (nSPS) is 11.0. The zero-order valence-electron chi connectivity index (χ0n) is 14.9. The fourth-order valence-corrected chi connectivity index (χ4v) is 2.82. The number of primary amides is 1. The molecular weight excluding hydrogens is 288 g/mol. The number of nitrogens with two attached hydrogens (primary N) is 1. The molecule has 130 valence electrons. The lowest BCUT2D eigenvalue weighted by atomic mass is 9.96. The van der Waals surface area contributed by atoms with Gasteiger partial charge in [-0.05, 0) is 63.5 Å². The first-order chi connectivity index (χ1) is 11.0. The molecule has 0 bridgehead atoms. The summed E-state index contributed by atoms with van der Waals surface area (Å²) >= 11 is 0. The number of nitrogens with zero attached hydrogens (tertiary/aromatic N) is 1. The van der Waals surface area contributed by atoms with Crippen LogP contribution in [0.25, 0.3) is 0 Å². The molecule has 23 heavy (non-hydrogen) atoms. The van der Waals surface area contributed by atoms with Crippen molar-refractivity contribution in [1.29, 1.82) is 0 Å². The van der Waals surface area contributed by atoms with E-state index in [0.29, 0.717) is 5.75 Å². The number of hydrogen-bond donors (Lipinski definition) is 1. The summed E-state index contributed by atoms with van der Waals surface area (Å²) in [6.07, 6.45) is 8.55. The molecule has 0 atom stereocenters. The molecule has 0 saturated heterocycles. The van der Waals surface area contributed by atoms with E-state index in [0.717, 1.165) is 31.4 Å². The molecule has 0 aliphatic carbocycles. The van der Waals surface area contributed by atoms with Crippen molar-refractivity contribution in [3.8, 4) is 5.75 Å². The lowest BCUT2D eigenvalue weighted by Gasteiger charge is -2.15. The van der Waals surface area contributed by atoms with Gasteiger partial charge in [0.05, 0.1) is 0 Å². The Balaban J connectivity index is 2.74. The molecule has 0 saturated carbocycles. The third kappa shape index (κ3) is 8.03. The smallest absolute Gasteiger partial charge is 0.409 e. The first-order valence-electron chi connectivity index (χ1n) is 8.77. The van der Waals surface area contributed by atoms with Crippen LogP contribution in [0.1, 0.15) is 56.6 Å². The van der Waals surface area contributed by atoms with Gasteiger partial charge in [0.25, 0.3) is 0 Å². The van der Waals surface area contributed by atoms with E-state index in [-0.39, 0.29) is 0 Å². The Morgan fingerprint density at radius 1 is 1.09 bits per heavy atom. The maximum Gasteiger partial charge on any atom is 0.409 e. The summed E-state index contributed by atoms with van der Waals surface area (Å²) < 4.78 is 5.21. The molecule has 4 heteroatoms. The number of hydrogen-bond acceptors (Lipinski definition) is 3. The monoisotopic (exact) mass is 320 g/mol. The second-order valence-corrected chi connectivity index (χ2v) is 6.39. The Kier molecular flexibility index (Phi) is 9.37. The van der Waals surface area contributed by atoms with E-state index in [4.69, 9.17) is 10.5 Å². The van der Waals surface area contributed by atoms with Crippen molar-refractivity contribution < 1.29 is 9.53 Å². The van der Waals surface area contributed by atoms with Gasteiger partial charge in [-0.2, -0.15) is 0 Å². The lowest BCUT2D eigenvalue weighted by molar-refractivity contribution is 0.210. The minimum atomic E-state index is -0.737. The van der Waals surface area contributed by atoms with Crippen LogP contribution in [-0.4, -0.2) is 31.6 Å². The molecule has 1 rings (SSSR count). The highest BCUT2D eigenvalue weighted by Gasteiger charge is 2.11. The van der Waals surface area contributed by atoms with Gasteiger partial charge >= 0.3 is 6.09 Å². The van der Waals surface area contributed by atoms with Crippen molar-refractivity contribution >= 4 is 6.09 Å². The Morgan fingerprint density at radius 3 is 2.48 bits per heavy atom. The van der Waals surface area contributed by atoms with Crippen molar-refractivity contribution in [2.45, 2.75) is 58.3 Å². The molecule has 4 nitrogen and oxygen atoms in total. The van der Waals surface area contributed by atoms with Crippen molar-refractivity contribution in [1.82, 2.24) is 4.90 Å². The standard InChI is InChI=1S/C19H32N2O2/c1-4-5-6-7-8-11-16-12-9-14-18(23-19(20)22)17(16)13-10-15-21(2)3/h9,12,14H,4-8,10-11,13,15H2,1-3H3,(H2,20,22). The summed E-state index contributed by atoms with van der Waals surface area (Å²) in [5.41, 5.74) is 7.64. The van der Waals surface area contributed by atoms with Gasteiger partial charge in [-0.15, -0.1) is 0 Å². The van der Waals surface area contributed by atoms with Crippen LogP contribution >= 0.6 is 0 Å². The number of ether oxygens (including phenoxy) is 1. The summed E-state index contributed by atoms with van der Waals surface area (Å²) in [6, 6.07) is 5.95. The highest BCUT2D eigenvalue weighted by atomic mass is 16.5. The quantitative estimate of drug-likeness (QED) is 0.623. The minimum absolute atomic E-state index is 0.627. The van der Waals surface area contributed by atoms with Gasteiger partial charge in [-0.3, -0.25) is 0 Å². The van der Waals surface area contributed by atoms with Gasteiger partial charge in [0.2, 0.25) is 0 Å². The van der Waals surface area contributed by atoms with E-state index in [1.54, 1.807) is 0 Å². The van der Waals surface area contributed by atoms with Crippen LogP contribution in [0.2, 0.25) is 0 Å². The van der Waals surface area contributed by atoms with E-state index in [9.17, 15) is 4.79 Å². The molecule has 0 fully saturated rings. The van der Waals surface area contributed by atoms with E-state index in [1.807, 2.05) is 12.1 Å². The third-order valence-electron chi connectivity index (χ3n) is 4.02. The highest BCUT2D eigenvalue weighted by Crippen LogP contribution is 2.26. The number of carbonyl (C=O) groups is 1. The van der Waals surface area contributed by atoms with Gasteiger partial charge in [0.15, 0.2) is 0 Å². The third-order valence-corrected chi connectivity index (χ3v) is 4.02. The fourth-order valence-electron chi connectivity index (χ4n) is 2.82. The van der Waals surface area contributed by atoms with E-state index >= 15 is 0 Å². The molecule has 0 radical (unpaired) electrons. The molecule has 2 N–H and O–H groups in total. The molecule has 0 aromatic heterocycles. The van der Waals surface area contributed by atoms with Crippen molar-refractivity contribution in [3.05, 3.63) is 29.3 Å². The summed E-state index contributed by atoms with van der Waals surface area (Å²) in [4.78, 5) is 13.3. The molecule has 0 spiro atoms. The Labute approximate surface area is 141 Å². The van der Waals surface area contributed by atoms with Gasteiger partial charge in [-0.1, -0.05) is 44.7 Å². The second-order valence-electron chi connectivity index (χ2n) is 6.39. The van der Waals surface area contributed by atoms with Crippen molar-refractivity contribution in [2.24, 2.45) is 5.73 Å². The minimum Gasteiger partial charge on any atom is -0.410 e. The van der Waals surface area contributed by atoms with Crippen LogP contribution in [0.4, 0.5) is 4.79 Å². The van der Waals surface area contributed by atoms with Crippen LogP contribution in [0.3, 0.4) is 0 Å². The van der Waals surface area contributed by atoms with Crippen LogP contribution in [0, 0.1) is 0 Å². The lowest BCUT2D eigenvalue weighted by Crippen LogP contribution is -2.18. The number of benzene rings is 1. The van der Waals surface area contributed by atoms with E-state index in [2.05, 4.69) is 32.0 Å². The Morgan fingerprint density at radius 2 is 1.83 bits per heavy atom. The number of amides is 1. The number of aryl methyl sites for hydroxylation is 1. The molecule has 0 heterocycles. The summed E-state index contributed by atoms with van der Waals surface area (Å²) in [5, 5.41) is 0. The predicted molar refractivity (Wildman–Crippen MR) is 96.0 cm³/mol. The maximum absolute atomic E-state index is 11.1. The molecular formula is C19H32N2O2. The van der Waals surface area contributed by atoms with Crippen LogP contribution < -0.4 is 10.5 Å². The summed E-state index contributed by atoms with van der Waals surface area (Å²) in [7, 11) is 4.14. The maximum atomic E-state index is 11.1. The first-order valence-corrected chi connectivity index (χ1v) is 8.77. The van der Waals surface area contributed by atoms with Gasteiger partial charge in [-0.25, -0.2) is 4.79 Å². The Bertz CT molecular complexity index is 472. The largest absolute Gasteiger partial charge is 0.410 e. The number of rotatable bonds is 11. The zero-order valence-corrected chi connectivity index (χ0v) is 14.9. The average Bonchev–Trinajstić information content (AvgIpc) is 2.48. The topological polar surface area (TPSA) is 55.6 Å². The van der Waals surface area contributed by atoms with Gasteiger partial charge in [0.1, 0.15) is 5.75 Å². The predicted octanol–water partition coefficient (Wildman–Crippen LogP) is 4.15.